The fourth-order valence-corrected chi connectivity index (χ4v) is 7.89. The number of esters is 1. The molecule has 7 nitrogen and oxygen atoms in total. The molecule has 0 saturated carbocycles. The Morgan fingerprint density at radius 1 is 0.981 bits per heavy atom. The maximum Gasteiger partial charge on any atom is 0.336 e. The molecule has 52 heavy (non-hydrogen) atoms. The highest BCUT2D eigenvalue weighted by Gasteiger charge is 2.36. The molecule has 1 atom stereocenters. The minimum Gasteiger partial charge on any atom is -0.494 e. The van der Waals surface area contributed by atoms with Crippen LogP contribution in [-0.2, 0) is 17.6 Å². The number of benzene rings is 2. The number of rotatable bonds is 11. The second kappa shape index (κ2) is 16.0. The van der Waals surface area contributed by atoms with Gasteiger partial charge in [-0.15, -0.1) is 0 Å². The number of ether oxygens (including phenoxy) is 3. The Morgan fingerprint density at radius 2 is 1.71 bits per heavy atom. The van der Waals surface area contributed by atoms with Crippen molar-refractivity contribution >= 4 is 17.3 Å². The van der Waals surface area contributed by atoms with Crippen LogP contribution in [0.1, 0.15) is 99.9 Å². The van der Waals surface area contributed by atoms with Gasteiger partial charge in [-0.05, 0) is 132 Å². The van der Waals surface area contributed by atoms with Crippen molar-refractivity contribution in [2.24, 2.45) is 5.41 Å². The van der Waals surface area contributed by atoms with Crippen molar-refractivity contribution in [2.45, 2.75) is 106 Å². The fraction of sp³-hybridized carbons (Fsp3) is 0.409. The average molecular weight is 724 g/mol. The van der Waals surface area contributed by atoms with E-state index >= 15 is 0 Å². The molecule has 0 spiro atoms. The van der Waals surface area contributed by atoms with E-state index < -0.39 is 11.6 Å². The van der Waals surface area contributed by atoms with Gasteiger partial charge in [-0.1, -0.05) is 78.8 Å². The normalized spacial score (nSPS) is 19.2. The molecular formula is C44H53NO6S. The Labute approximate surface area is 312 Å². The summed E-state index contributed by atoms with van der Waals surface area (Å²) in [7, 11) is 0. The third-order valence-electron chi connectivity index (χ3n) is 10.4. The zero-order valence-electron chi connectivity index (χ0n) is 32.1. The van der Waals surface area contributed by atoms with Gasteiger partial charge in [0.1, 0.15) is 29.5 Å². The van der Waals surface area contributed by atoms with Crippen LogP contribution in [-0.4, -0.2) is 28.3 Å². The van der Waals surface area contributed by atoms with Crippen LogP contribution < -0.4 is 19.1 Å². The molecule has 0 bridgehead atoms. The van der Waals surface area contributed by atoms with E-state index in [9.17, 15) is 14.7 Å². The fourth-order valence-electron chi connectivity index (χ4n) is 7.13. The number of carbonyl (C=O) groups excluding carboxylic acids is 1. The molecule has 1 unspecified atom stereocenters. The first kappa shape index (κ1) is 38.7. The van der Waals surface area contributed by atoms with Gasteiger partial charge < -0.3 is 19.3 Å². The van der Waals surface area contributed by atoms with E-state index in [0.717, 1.165) is 68.9 Å². The van der Waals surface area contributed by atoms with E-state index in [4.69, 9.17) is 14.2 Å². The molecule has 0 radical (unpaired) electrons. The van der Waals surface area contributed by atoms with Gasteiger partial charge in [0.05, 0.1) is 4.88 Å². The number of carbonyl (C=O) groups is 1. The summed E-state index contributed by atoms with van der Waals surface area (Å²) in [6.07, 6.45) is 17.6. The van der Waals surface area contributed by atoms with Crippen molar-refractivity contribution in [3.8, 4) is 23.1 Å². The molecule has 0 fully saturated rings. The van der Waals surface area contributed by atoms with Crippen molar-refractivity contribution in [1.82, 2.24) is 4.98 Å². The standard InChI is InChI=1S/C44H53NO6S/c1-27(15-20-36-29(3)14-11-22-43(36,7)8)12-10-13-28(2)24-38(46)50-39-30(4)31(5)40-35(32(39)6)21-23-44(9,51-40)26-49-34-18-16-33(17-19-34)25-37-41(47)45-42(48)52-37/h10,12-13,15-20,24,47H,11,14,21-23,25-26H2,1-9H3,(H,45,48). The lowest BCUT2D eigenvalue weighted by Gasteiger charge is -2.37. The van der Waals surface area contributed by atoms with Gasteiger partial charge >= 0.3 is 10.8 Å². The van der Waals surface area contributed by atoms with Crippen LogP contribution in [0.2, 0.25) is 0 Å². The minimum atomic E-state index is -0.548. The van der Waals surface area contributed by atoms with Crippen molar-refractivity contribution in [3.63, 3.8) is 0 Å². The Morgan fingerprint density at radius 3 is 2.38 bits per heavy atom. The molecule has 3 aromatic rings. The number of hydrogen-bond donors (Lipinski definition) is 2. The molecule has 5 rings (SSSR count). The van der Waals surface area contributed by atoms with E-state index in [-0.39, 0.29) is 16.2 Å². The molecule has 2 aromatic carbocycles. The van der Waals surface area contributed by atoms with Crippen molar-refractivity contribution in [1.29, 1.82) is 0 Å². The molecule has 8 heteroatoms. The van der Waals surface area contributed by atoms with Crippen LogP contribution >= 0.6 is 11.3 Å². The van der Waals surface area contributed by atoms with Gasteiger partial charge in [0, 0.05) is 18.1 Å². The summed E-state index contributed by atoms with van der Waals surface area (Å²) < 4.78 is 18.8. The maximum atomic E-state index is 13.1. The zero-order valence-corrected chi connectivity index (χ0v) is 32.9. The van der Waals surface area contributed by atoms with Crippen LogP contribution in [0.15, 0.2) is 87.8 Å². The summed E-state index contributed by atoms with van der Waals surface area (Å²) in [5.74, 6) is 1.65. The van der Waals surface area contributed by atoms with E-state index in [1.54, 1.807) is 0 Å². The zero-order chi connectivity index (χ0) is 37.8. The number of nitrogens with one attached hydrogen (secondary N) is 1. The molecule has 1 aliphatic carbocycles. The van der Waals surface area contributed by atoms with Crippen LogP contribution in [0.4, 0.5) is 0 Å². The predicted molar refractivity (Wildman–Crippen MR) is 211 cm³/mol. The highest BCUT2D eigenvalue weighted by molar-refractivity contribution is 7.09. The molecule has 2 heterocycles. The number of allylic oxidation sites excluding steroid dienone is 9. The van der Waals surface area contributed by atoms with Crippen molar-refractivity contribution in [2.75, 3.05) is 6.61 Å². The first-order chi connectivity index (χ1) is 24.5. The Hall–Kier alpha value is -4.56. The molecule has 0 saturated heterocycles. The van der Waals surface area contributed by atoms with Crippen LogP contribution in [0.5, 0.6) is 23.1 Å². The van der Waals surface area contributed by atoms with E-state index in [2.05, 4.69) is 57.8 Å². The number of hydrogen-bond acceptors (Lipinski definition) is 7. The molecular weight excluding hydrogens is 671 g/mol. The molecule has 2 N–H and O–H groups in total. The summed E-state index contributed by atoms with van der Waals surface area (Å²) in [6.45, 7) is 19.3. The third-order valence-corrected chi connectivity index (χ3v) is 11.3. The van der Waals surface area contributed by atoms with Crippen molar-refractivity contribution < 1.29 is 24.1 Å². The van der Waals surface area contributed by atoms with Gasteiger partial charge in [0.15, 0.2) is 0 Å². The molecule has 276 valence electrons. The van der Waals surface area contributed by atoms with Crippen molar-refractivity contribution in [3.05, 3.63) is 125 Å². The van der Waals surface area contributed by atoms with Gasteiger partial charge in [-0.25, -0.2) is 4.79 Å². The number of H-pyrrole nitrogens is 1. The monoisotopic (exact) mass is 723 g/mol. The summed E-state index contributed by atoms with van der Waals surface area (Å²) in [6, 6.07) is 7.64. The summed E-state index contributed by atoms with van der Waals surface area (Å²) in [5.41, 5.74) is 9.32. The maximum absolute atomic E-state index is 13.1. The van der Waals surface area contributed by atoms with Crippen LogP contribution in [0.3, 0.4) is 0 Å². The Kier molecular flexibility index (Phi) is 11.9. The van der Waals surface area contributed by atoms with Crippen LogP contribution in [0.25, 0.3) is 0 Å². The topological polar surface area (TPSA) is 97.9 Å². The van der Waals surface area contributed by atoms with Gasteiger partial charge in [-0.3, -0.25) is 9.78 Å². The lowest BCUT2D eigenvalue weighted by molar-refractivity contribution is -0.129. The predicted octanol–water partition coefficient (Wildman–Crippen LogP) is 10.3. The highest BCUT2D eigenvalue weighted by atomic mass is 32.1. The van der Waals surface area contributed by atoms with E-state index in [1.165, 1.54) is 36.5 Å². The molecule has 2 aliphatic rings. The largest absolute Gasteiger partial charge is 0.494 e. The summed E-state index contributed by atoms with van der Waals surface area (Å²) >= 11 is 1.01. The second-order valence-corrected chi connectivity index (χ2v) is 16.4. The molecule has 1 aromatic heterocycles. The SMILES string of the molecule is CC(C=CC1=C(C)CCCC1(C)C)=CC=CC(C)=CC(=O)Oc1c(C)c(C)c2c(c1C)CCC(C)(COc1ccc(Cc3sc(=O)[nH]c3O)cc1)O2. The minimum absolute atomic E-state index is 0.0755. The lowest BCUT2D eigenvalue weighted by atomic mass is 9.72. The summed E-state index contributed by atoms with van der Waals surface area (Å²) in [4.78, 5) is 27.3. The quantitative estimate of drug-likeness (QED) is 0.0885. The Bertz CT molecular complexity index is 2030. The average Bonchev–Trinajstić information content (AvgIpc) is 3.40. The summed E-state index contributed by atoms with van der Waals surface area (Å²) in [5, 5.41) is 9.89. The number of aromatic nitrogens is 1. The third kappa shape index (κ3) is 9.26. The van der Waals surface area contributed by atoms with Crippen LogP contribution in [0, 0.1) is 26.2 Å². The lowest BCUT2D eigenvalue weighted by Crippen LogP contribution is -2.42. The van der Waals surface area contributed by atoms with Gasteiger partial charge in [0.2, 0.25) is 5.88 Å². The van der Waals surface area contributed by atoms with E-state index in [0.29, 0.717) is 29.4 Å². The first-order valence-corrected chi connectivity index (χ1v) is 18.9. The van der Waals surface area contributed by atoms with E-state index in [1.807, 2.05) is 64.1 Å². The molecule has 1 aliphatic heterocycles. The Balaban J connectivity index is 1.19. The number of thiazole rings is 1. The number of fused-ring (bicyclic) bond motifs is 1. The van der Waals surface area contributed by atoms with Gasteiger partial charge in [-0.2, -0.15) is 0 Å². The number of aromatic hydroxyl groups is 1. The number of aromatic amines is 1. The highest BCUT2D eigenvalue weighted by Crippen LogP contribution is 2.44. The first-order valence-electron chi connectivity index (χ1n) is 18.1. The van der Waals surface area contributed by atoms with Gasteiger partial charge in [0.25, 0.3) is 0 Å². The smallest absolute Gasteiger partial charge is 0.336 e. The molecule has 0 amide bonds. The second-order valence-electron chi connectivity index (χ2n) is 15.3.